The van der Waals surface area contributed by atoms with Gasteiger partial charge in [-0.15, -0.1) is 0 Å². The molecule has 0 aromatic rings. The van der Waals surface area contributed by atoms with E-state index in [2.05, 4.69) is 20.8 Å². The Kier molecular flexibility index (Phi) is 4.23. The van der Waals surface area contributed by atoms with Crippen LogP contribution in [0.2, 0.25) is 3.43 Å². The molecule has 4 heteroatoms. The van der Waals surface area contributed by atoms with Gasteiger partial charge >= 0.3 is 84.0 Å². The number of hydrogen-bond donors (Lipinski definition) is 0. The summed E-state index contributed by atoms with van der Waals surface area (Å²) >= 11 is -1.08. The van der Waals surface area contributed by atoms with Crippen molar-refractivity contribution in [2.45, 2.75) is 38.0 Å². The third-order valence-corrected chi connectivity index (χ3v) is 5.43. The van der Waals surface area contributed by atoms with Crippen molar-refractivity contribution >= 4 is 33.2 Å². The Morgan fingerprint density at radius 2 is 1.42 bits per heavy atom. The Hall–Kier alpha value is -0.0613. The molecule has 68 valence electrons. The van der Waals surface area contributed by atoms with E-state index in [0.29, 0.717) is 0 Å². The van der Waals surface area contributed by atoms with Crippen LogP contribution in [0, 0.1) is 0 Å². The SMILES string of the molecule is CC(=O)[N]([Sn][C](C)(C)C)C(C)=O. The Morgan fingerprint density at radius 3 is 1.50 bits per heavy atom. The zero-order valence-corrected chi connectivity index (χ0v) is 11.1. The van der Waals surface area contributed by atoms with Crippen molar-refractivity contribution in [1.82, 2.24) is 3.12 Å². The third-order valence-electron chi connectivity index (χ3n) is 1.08. The summed E-state index contributed by atoms with van der Waals surface area (Å²) in [5.74, 6) is -0.215. The van der Waals surface area contributed by atoms with Crippen molar-refractivity contribution in [2.24, 2.45) is 0 Å². The van der Waals surface area contributed by atoms with Gasteiger partial charge in [-0.25, -0.2) is 0 Å². The number of carbonyl (C=O) groups is 2. The average Bonchev–Trinajstić information content (AvgIpc) is 1.79. The van der Waals surface area contributed by atoms with Crippen LogP contribution in [0.1, 0.15) is 34.6 Å². The second kappa shape index (κ2) is 4.25. The second-order valence-corrected chi connectivity index (χ2v) is 9.93. The fourth-order valence-corrected chi connectivity index (χ4v) is 3.53. The van der Waals surface area contributed by atoms with Gasteiger partial charge in [-0.2, -0.15) is 0 Å². The Morgan fingerprint density at radius 1 is 1.08 bits per heavy atom. The van der Waals surface area contributed by atoms with E-state index in [1.54, 1.807) is 0 Å². The molecule has 0 heterocycles. The molecule has 0 fully saturated rings. The van der Waals surface area contributed by atoms with Gasteiger partial charge in [-0.3, -0.25) is 0 Å². The molecule has 0 aromatic carbocycles. The molecular formula is C8H15NO2Sn. The summed E-state index contributed by atoms with van der Waals surface area (Å²) in [5.41, 5.74) is 0. The van der Waals surface area contributed by atoms with Crippen molar-refractivity contribution in [3.05, 3.63) is 0 Å². The van der Waals surface area contributed by atoms with Crippen LogP contribution in [-0.2, 0) is 9.59 Å². The van der Waals surface area contributed by atoms with Crippen LogP contribution in [0.3, 0.4) is 0 Å². The van der Waals surface area contributed by atoms with Crippen LogP contribution in [0.25, 0.3) is 0 Å². The van der Waals surface area contributed by atoms with Gasteiger partial charge in [0.15, 0.2) is 0 Å². The first-order chi connectivity index (χ1) is 5.24. The predicted molar refractivity (Wildman–Crippen MR) is 48.7 cm³/mol. The summed E-state index contributed by atoms with van der Waals surface area (Å²) in [5, 5.41) is 0. The van der Waals surface area contributed by atoms with E-state index in [0.717, 1.165) is 0 Å². The van der Waals surface area contributed by atoms with Gasteiger partial charge in [0.25, 0.3) is 0 Å². The van der Waals surface area contributed by atoms with Gasteiger partial charge in [0.1, 0.15) is 0 Å². The summed E-state index contributed by atoms with van der Waals surface area (Å²) in [6.07, 6.45) is 0. The normalized spacial score (nSPS) is 11.1. The van der Waals surface area contributed by atoms with Crippen LogP contribution in [-0.4, -0.2) is 36.4 Å². The van der Waals surface area contributed by atoms with E-state index < -0.39 is 21.4 Å². The fourth-order valence-electron chi connectivity index (χ4n) is 0.715. The molecule has 2 radical (unpaired) electrons. The molecule has 0 bridgehead atoms. The Balaban J connectivity index is 4.35. The number of carbonyl (C=O) groups excluding carboxylic acids is 2. The molecule has 3 nitrogen and oxygen atoms in total. The Labute approximate surface area is 84.1 Å². The molecular weight excluding hydrogens is 261 g/mol. The van der Waals surface area contributed by atoms with Crippen molar-refractivity contribution in [2.75, 3.05) is 0 Å². The van der Waals surface area contributed by atoms with Gasteiger partial charge in [-0.1, -0.05) is 0 Å². The van der Waals surface area contributed by atoms with E-state index >= 15 is 0 Å². The maximum absolute atomic E-state index is 11.0. The first-order valence-corrected chi connectivity index (χ1v) is 6.53. The van der Waals surface area contributed by atoms with Crippen LogP contribution in [0.4, 0.5) is 0 Å². The minimum absolute atomic E-state index is 0.107. The molecule has 0 rings (SSSR count). The molecule has 0 aliphatic heterocycles. The molecule has 0 atom stereocenters. The minimum atomic E-state index is -1.08. The van der Waals surface area contributed by atoms with E-state index in [1.165, 1.54) is 17.0 Å². The van der Waals surface area contributed by atoms with Crippen LogP contribution in [0.15, 0.2) is 0 Å². The topological polar surface area (TPSA) is 37.4 Å². The molecule has 0 aliphatic carbocycles. The zero-order chi connectivity index (χ0) is 9.94. The molecule has 12 heavy (non-hydrogen) atoms. The van der Waals surface area contributed by atoms with Crippen LogP contribution < -0.4 is 0 Å². The predicted octanol–water partition coefficient (Wildman–Crippen LogP) is 1.22. The molecule has 2 amide bonds. The van der Waals surface area contributed by atoms with E-state index in [1.807, 2.05) is 0 Å². The maximum atomic E-state index is 11.0. The first kappa shape index (κ1) is 11.9. The molecule has 0 aliphatic rings. The van der Waals surface area contributed by atoms with Crippen LogP contribution in [0.5, 0.6) is 0 Å². The van der Waals surface area contributed by atoms with Crippen molar-refractivity contribution in [3.8, 4) is 0 Å². The molecule has 0 spiro atoms. The number of nitrogens with zero attached hydrogens (tertiary/aromatic N) is 1. The summed E-state index contributed by atoms with van der Waals surface area (Å²) in [6.45, 7) is 9.11. The summed E-state index contributed by atoms with van der Waals surface area (Å²) in [7, 11) is 0. The summed E-state index contributed by atoms with van der Waals surface area (Å²) in [6, 6.07) is 0. The van der Waals surface area contributed by atoms with Gasteiger partial charge in [-0.05, 0) is 0 Å². The quantitative estimate of drug-likeness (QED) is 0.675. The number of rotatable bonds is 1. The third kappa shape index (κ3) is 4.74. The van der Waals surface area contributed by atoms with Gasteiger partial charge < -0.3 is 0 Å². The second-order valence-electron chi connectivity index (χ2n) is 3.74. The summed E-state index contributed by atoms with van der Waals surface area (Å²) in [4.78, 5) is 22.0. The average molecular weight is 276 g/mol. The van der Waals surface area contributed by atoms with E-state index in [4.69, 9.17) is 0 Å². The molecule has 0 N–H and O–H groups in total. The zero-order valence-electron chi connectivity index (χ0n) is 8.26. The van der Waals surface area contributed by atoms with Gasteiger partial charge in [0, 0.05) is 0 Å². The van der Waals surface area contributed by atoms with Gasteiger partial charge in [0.2, 0.25) is 0 Å². The van der Waals surface area contributed by atoms with Gasteiger partial charge in [0.05, 0.1) is 0 Å². The van der Waals surface area contributed by atoms with Crippen LogP contribution >= 0.6 is 0 Å². The number of amides is 2. The molecule has 0 aromatic heterocycles. The van der Waals surface area contributed by atoms with Crippen molar-refractivity contribution < 1.29 is 9.59 Å². The van der Waals surface area contributed by atoms with E-state index in [-0.39, 0.29) is 15.2 Å². The van der Waals surface area contributed by atoms with Crippen molar-refractivity contribution in [1.29, 1.82) is 0 Å². The fraction of sp³-hybridized carbons (Fsp3) is 0.750. The molecule has 0 saturated carbocycles. The molecule has 0 unspecified atom stereocenters. The standard InChI is InChI=1S/C4H7NO2.C4H9.Sn/c1-3(6)5-4(2)7;1-4(2)3;/h1-2H3,(H,5,6,7);1-3H3;/q;;+1/p-1. The monoisotopic (exact) mass is 277 g/mol. The number of hydrogen-bond acceptors (Lipinski definition) is 2. The first-order valence-electron chi connectivity index (χ1n) is 3.83. The Bertz CT molecular complexity index is 182. The molecule has 0 saturated heterocycles. The van der Waals surface area contributed by atoms with E-state index in [9.17, 15) is 9.59 Å². The number of imide groups is 1. The van der Waals surface area contributed by atoms with Crippen molar-refractivity contribution in [3.63, 3.8) is 0 Å². The summed E-state index contributed by atoms with van der Waals surface area (Å²) < 4.78 is 1.57.